The van der Waals surface area contributed by atoms with Crippen LogP contribution in [0.15, 0.2) is 83.0 Å². The van der Waals surface area contributed by atoms with E-state index >= 15 is 0 Å². The van der Waals surface area contributed by atoms with Crippen LogP contribution in [0.1, 0.15) is 13.0 Å². The number of nitrogens with zero attached hydrogens (tertiary/aromatic N) is 2. The average Bonchev–Trinajstić information content (AvgIpc) is 3.31. The van der Waals surface area contributed by atoms with Gasteiger partial charge in [0.1, 0.15) is 17.4 Å². The van der Waals surface area contributed by atoms with Crippen LogP contribution in [-0.2, 0) is 4.79 Å². The summed E-state index contributed by atoms with van der Waals surface area (Å²) < 4.78 is 1.14. The van der Waals surface area contributed by atoms with Crippen LogP contribution in [0.2, 0.25) is 0 Å². The average molecular weight is 417 g/mol. The van der Waals surface area contributed by atoms with Gasteiger partial charge in [-0.25, -0.2) is 4.68 Å². The number of thiophene rings is 1. The van der Waals surface area contributed by atoms with Gasteiger partial charge in [0, 0.05) is 11.3 Å². The zero-order valence-corrected chi connectivity index (χ0v) is 17.1. The minimum absolute atomic E-state index is 0.0535. The molecule has 30 heavy (non-hydrogen) atoms. The summed E-state index contributed by atoms with van der Waals surface area (Å²) in [4.78, 5) is 26.5. The highest BCUT2D eigenvalue weighted by Gasteiger charge is 2.21. The molecule has 7 heteroatoms. The van der Waals surface area contributed by atoms with Crippen LogP contribution >= 0.6 is 11.3 Å². The van der Waals surface area contributed by atoms with E-state index in [0.29, 0.717) is 11.4 Å². The van der Waals surface area contributed by atoms with E-state index in [1.165, 1.54) is 11.3 Å². The van der Waals surface area contributed by atoms with Gasteiger partial charge in [-0.2, -0.15) is 5.10 Å². The molecule has 2 aromatic carbocycles. The van der Waals surface area contributed by atoms with E-state index in [-0.39, 0.29) is 11.6 Å². The summed E-state index contributed by atoms with van der Waals surface area (Å²) in [5.74, 6) is -0.351. The van der Waals surface area contributed by atoms with Crippen molar-refractivity contribution in [3.63, 3.8) is 0 Å². The molecule has 0 aliphatic heterocycles. The number of anilines is 2. The summed E-state index contributed by atoms with van der Waals surface area (Å²) in [6, 6.07) is 21.8. The molecule has 2 aromatic heterocycles. The van der Waals surface area contributed by atoms with Crippen molar-refractivity contribution < 1.29 is 4.79 Å². The van der Waals surface area contributed by atoms with Gasteiger partial charge in [0.15, 0.2) is 0 Å². The van der Waals surface area contributed by atoms with Crippen LogP contribution in [0.4, 0.5) is 11.4 Å². The molecule has 6 nitrogen and oxygen atoms in total. The lowest BCUT2D eigenvalue weighted by molar-refractivity contribution is -0.119. The molecule has 0 fully saturated rings. The van der Waals surface area contributed by atoms with Crippen molar-refractivity contribution >= 4 is 28.6 Å². The smallest absolute Gasteiger partial charge is 0.290 e. The minimum Gasteiger partial charge on any atom is -0.394 e. The van der Waals surface area contributed by atoms with Crippen molar-refractivity contribution in [2.24, 2.45) is 0 Å². The summed E-state index contributed by atoms with van der Waals surface area (Å²) in [6.45, 7) is 1.63. The Morgan fingerprint density at radius 2 is 1.80 bits per heavy atom. The second kappa shape index (κ2) is 8.34. The minimum atomic E-state index is -0.844. The Hall–Kier alpha value is -3.71. The van der Waals surface area contributed by atoms with Gasteiger partial charge in [0.2, 0.25) is 5.91 Å². The van der Waals surface area contributed by atoms with E-state index in [4.69, 9.17) is 5.73 Å². The summed E-state index contributed by atoms with van der Waals surface area (Å²) >= 11 is 1.49. The number of nitrogen functional groups attached to an aromatic ring is 1. The number of hydrogen-bond acceptors (Lipinski definition) is 5. The maximum Gasteiger partial charge on any atom is 0.290 e. The fourth-order valence-electron chi connectivity index (χ4n) is 3.15. The summed E-state index contributed by atoms with van der Waals surface area (Å²) in [7, 11) is 0. The van der Waals surface area contributed by atoms with Crippen molar-refractivity contribution in [3.8, 4) is 21.7 Å². The van der Waals surface area contributed by atoms with Gasteiger partial charge in [0.25, 0.3) is 5.56 Å². The molecule has 0 aliphatic rings. The van der Waals surface area contributed by atoms with Gasteiger partial charge >= 0.3 is 0 Å². The Bertz CT molecular complexity index is 1230. The van der Waals surface area contributed by atoms with Crippen LogP contribution in [0.5, 0.6) is 0 Å². The molecule has 0 saturated carbocycles. The second-order valence-corrected chi connectivity index (χ2v) is 7.74. The number of amides is 1. The van der Waals surface area contributed by atoms with E-state index in [1.54, 1.807) is 13.0 Å². The first-order chi connectivity index (χ1) is 14.5. The molecule has 3 N–H and O–H groups in total. The van der Waals surface area contributed by atoms with Crippen molar-refractivity contribution in [1.82, 2.24) is 9.78 Å². The lowest BCUT2D eigenvalue weighted by atomic mass is 10.0. The normalized spacial score (nSPS) is 11.8. The molecule has 2 heterocycles. The Balaban J connectivity index is 1.66. The van der Waals surface area contributed by atoms with Gasteiger partial charge < -0.3 is 11.1 Å². The Morgan fingerprint density at radius 1 is 1.07 bits per heavy atom. The topological polar surface area (TPSA) is 90.0 Å². The zero-order valence-electron chi connectivity index (χ0n) is 16.3. The monoisotopic (exact) mass is 416 g/mol. The molecule has 0 spiro atoms. The van der Waals surface area contributed by atoms with Gasteiger partial charge in [-0.15, -0.1) is 11.3 Å². The first-order valence-corrected chi connectivity index (χ1v) is 10.3. The molecular formula is C23H20N4O2S. The van der Waals surface area contributed by atoms with Crippen molar-refractivity contribution in [3.05, 3.63) is 88.5 Å². The quantitative estimate of drug-likeness (QED) is 0.504. The lowest BCUT2D eigenvalue weighted by Gasteiger charge is -2.17. The van der Waals surface area contributed by atoms with Gasteiger partial charge in [-0.3, -0.25) is 9.59 Å². The fraction of sp³-hybridized carbons (Fsp3) is 0.0870. The molecule has 0 bridgehead atoms. The number of carbonyl (C=O) groups excluding carboxylic acids is 1. The van der Waals surface area contributed by atoms with E-state index in [2.05, 4.69) is 10.4 Å². The number of benzene rings is 2. The largest absolute Gasteiger partial charge is 0.394 e. The third-order valence-corrected chi connectivity index (χ3v) is 5.64. The van der Waals surface area contributed by atoms with Crippen LogP contribution < -0.4 is 16.6 Å². The number of hydrogen-bond donors (Lipinski definition) is 2. The predicted molar refractivity (Wildman–Crippen MR) is 121 cm³/mol. The van der Waals surface area contributed by atoms with Crippen LogP contribution in [0.3, 0.4) is 0 Å². The standard InChI is InChI=1S/C23H20N4O2S/c1-15(27-23(29)18(24)14-20(26-27)21-12-7-13-30-21)22(28)25-19-11-6-5-10-17(19)16-8-3-2-4-9-16/h2-15H,24H2,1H3,(H,25,28)/t15-/m0/s1. The third kappa shape index (κ3) is 3.88. The van der Waals surface area contributed by atoms with E-state index in [9.17, 15) is 9.59 Å². The molecule has 4 rings (SSSR count). The molecule has 1 atom stereocenters. The number of carbonyl (C=O) groups is 1. The second-order valence-electron chi connectivity index (χ2n) is 6.79. The van der Waals surface area contributed by atoms with E-state index in [1.807, 2.05) is 72.1 Å². The predicted octanol–water partition coefficient (Wildman–Crippen LogP) is 4.42. The maximum atomic E-state index is 13.0. The molecule has 0 saturated heterocycles. The van der Waals surface area contributed by atoms with Gasteiger partial charge in [0.05, 0.1) is 4.88 Å². The molecule has 4 aromatic rings. The summed E-state index contributed by atoms with van der Waals surface area (Å²) in [5, 5.41) is 9.24. The van der Waals surface area contributed by atoms with Crippen LogP contribution in [-0.4, -0.2) is 15.7 Å². The SMILES string of the molecule is C[C@@H](C(=O)Nc1ccccc1-c1ccccc1)n1nc(-c2cccs2)cc(N)c1=O. The number of nitrogens with two attached hydrogens (primary N) is 1. The highest BCUT2D eigenvalue weighted by atomic mass is 32.1. The number of nitrogens with one attached hydrogen (secondary N) is 1. The van der Waals surface area contributed by atoms with Crippen molar-refractivity contribution in [2.75, 3.05) is 11.1 Å². The molecule has 0 unspecified atom stereocenters. The first-order valence-electron chi connectivity index (χ1n) is 9.43. The number of para-hydroxylation sites is 1. The number of aromatic nitrogens is 2. The maximum absolute atomic E-state index is 13.0. The fourth-order valence-corrected chi connectivity index (χ4v) is 3.83. The van der Waals surface area contributed by atoms with Gasteiger partial charge in [-0.1, -0.05) is 54.6 Å². The molecule has 150 valence electrons. The Morgan fingerprint density at radius 3 is 2.53 bits per heavy atom. The van der Waals surface area contributed by atoms with Crippen LogP contribution in [0, 0.1) is 0 Å². The highest BCUT2D eigenvalue weighted by Crippen LogP contribution is 2.28. The molecule has 0 radical (unpaired) electrons. The van der Waals surface area contributed by atoms with E-state index < -0.39 is 11.6 Å². The zero-order chi connectivity index (χ0) is 21.1. The van der Waals surface area contributed by atoms with E-state index in [0.717, 1.165) is 20.7 Å². The van der Waals surface area contributed by atoms with Crippen molar-refractivity contribution in [1.29, 1.82) is 0 Å². The lowest BCUT2D eigenvalue weighted by Crippen LogP contribution is -2.34. The Labute approximate surface area is 177 Å². The summed E-state index contributed by atoms with van der Waals surface area (Å²) in [6.07, 6.45) is 0. The molecule has 1 amide bonds. The van der Waals surface area contributed by atoms with Gasteiger partial charge in [-0.05, 0) is 36.1 Å². The molecule has 0 aliphatic carbocycles. The Kier molecular flexibility index (Phi) is 5.45. The highest BCUT2D eigenvalue weighted by molar-refractivity contribution is 7.13. The number of rotatable bonds is 5. The summed E-state index contributed by atoms with van der Waals surface area (Å²) in [5.41, 5.74) is 8.58. The first kappa shape index (κ1) is 19.6. The third-order valence-electron chi connectivity index (χ3n) is 4.75. The van der Waals surface area contributed by atoms with Crippen LogP contribution in [0.25, 0.3) is 21.7 Å². The molecular weight excluding hydrogens is 396 g/mol. The van der Waals surface area contributed by atoms with Crippen molar-refractivity contribution in [2.45, 2.75) is 13.0 Å².